The molecule has 5 nitrogen and oxygen atoms in total. The van der Waals surface area contributed by atoms with Gasteiger partial charge in [0.05, 0.1) is 0 Å². The van der Waals surface area contributed by atoms with Crippen LogP contribution in [-0.4, -0.2) is 35.1 Å². The lowest BCUT2D eigenvalue weighted by molar-refractivity contribution is 0.0821. The van der Waals surface area contributed by atoms with Crippen molar-refractivity contribution in [3.8, 4) is 0 Å². The first kappa shape index (κ1) is 15.0. The standard InChI is InChI=1S/C16H20N4O/c1-4-12-7-5-6-8-13(12)11-17-15-10-9-14(18-19-15)16(21)20(2)3/h5-10H,4,11H2,1-3H3,(H,17,19). The molecule has 5 heteroatoms. The second-order valence-corrected chi connectivity index (χ2v) is 4.98. The van der Waals surface area contributed by atoms with E-state index >= 15 is 0 Å². The van der Waals surface area contributed by atoms with Crippen molar-refractivity contribution < 1.29 is 4.79 Å². The minimum Gasteiger partial charge on any atom is -0.364 e. The highest BCUT2D eigenvalue weighted by Crippen LogP contribution is 2.12. The number of nitrogens with zero attached hydrogens (tertiary/aromatic N) is 3. The fourth-order valence-electron chi connectivity index (χ4n) is 2.03. The van der Waals surface area contributed by atoms with Gasteiger partial charge in [0.1, 0.15) is 5.82 Å². The fourth-order valence-corrected chi connectivity index (χ4v) is 2.03. The molecule has 0 atom stereocenters. The largest absolute Gasteiger partial charge is 0.364 e. The summed E-state index contributed by atoms with van der Waals surface area (Å²) in [7, 11) is 3.38. The van der Waals surface area contributed by atoms with Crippen LogP contribution in [0.15, 0.2) is 36.4 Å². The SMILES string of the molecule is CCc1ccccc1CNc1ccc(C(=O)N(C)C)nn1. The molecule has 1 N–H and O–H groups in total. The number of hydrogen-bond donors (Lipinski definition) is 1. The minimum absolute atomic E-state index is 0.148. The molecule has 0 spiro atoms. The number of aromatic nitrogens is 2. The molecule has 0 saturated carbocycles. The van der Waals surface area contributed by atoms with Gasteiger partial charge in [-0.05, 0) is 29.7 Å². The zero-order valence-electron chi connectivity index (χ0n) is 12.6. The Morgan fingerprint density at radius 2 is 1.81 bits per heavy atom. The summed E-state index contributed by atoms with van der Waals surface area (Å²) in [6.45, 7) is 2.83. The van der Waals surface area contributed by atoms with E-state index in [1.165, 1.54) is 16.0 Å². The van der Waals surface area contributed by atoms with Crippen LogP contribution in [0.4, 0.5) is 5.82 Å². The van der Waals surface area contributed by atoms with Gasteiger partial charge in [-0.1, -0.05) is 31.2 Å². The molecule has 0 saturated heterocycles. The lowest BCUT2D eigenvalue weighted by Gasteiger charge is -2.11. The maximum absolute atomic E-state index is 11.7. The molecule has 0 aliphatic heterocycles. The predicted molar refractivity (Wildman–Crippen MR) is 83.2 cm³/mol. The van der Waals surface area contributed by atoms with Gasteiger partial charge in [0, 0.05) is 20.6 Å². The van der Waals surface area contributed by atoms with Gasteiger partial charge in [0.15, 0.2) is 5.69 Å². The number of benzene rings is 1. The first-order valence-corrected chi connectivity index (χ1v) is 6.98. The molecule has 0 aliphatic rings. The van der Waals surface area contributed by atoms with Gasteiger partial charge in [-0.15, -0.1) is 10.2 Å². The molecule has 1 heterocycles. The molecule has 1 aromatic heterocycles. The molecule has 2 rings (SSSR count). The number of carbonyl (C=O) groups excluding carboxylic acids is 1. The minimum atomic E-state index is -0.148. The highest BCUT2D eigenvalue weighted by atomic mass is 16.2. The van der Waals surface area contributed by atoms with Crippen LogP contribution < -0.4 is 5.32 Å². The van der Waals surface area contributed by atoms with Gasteiger partial charge in [-0.25, -0.2) is 0 Å². The summed E-state index contributed by atoms with van der Waals surface area (Å²) >= 11 is 0. The monoisotopic (exact) mass is 284 g/mol. The molecule has 110 valence electrons. The molecule has 0 fully saturated rings. The molecule has 0 bridgehead atoms. The summed E-state index contributed by atoms with van der Waals surface area (Å²) in [6, 6.07) is 11.8. The molecular weight excluding hydrogens is 264 g/mol. The Kier molecular flexibility index (Phi) is 4.87. The van der Waals surface area contributed by atoms with Crippen molar-refractivity contribution in [2.24, 2.45) is 0 Å². The summed E-state index contributed by atoms with van der Waals surface area (Å²) in [5.41, 5.74) is 2.91. The van der Waals surface area contributed by atoms with Gasteiger partial charge >= 0.3 is 0 Å². The smallest absolute Gasteiger partial charge is 0.273 e. The Labute approximate surface area is 125 Å². The third-order valence-corrected chi connectivity index (χ3v) is 3.25. The topological polar surface area (TPSA) is 58.1 Å². The number of aryl methyl sites for hydroxylation is 1. The zero-order chi connectivity index (χ0) is 15.2. The fraction of sp³-hybridized carbons (Fsp3) is 0.312. The average Bonchev–Trinajstić information content (AvgIpc) is 2.52. The van der Waals surface area contributed by atoms with Crippen LogP contribution in [-0.2, 0) is 13.0 Å². The maximum Gasteiger partial charge on any atom is 0.273 e. The molecule has 0 aliphatic carbocycles. The van der Waals surface area contributed by atoms with Gasteiger partial charge < -0.3 is 10.2 Å². The summed E-state index contributed by atoms with van der Waals surface area (Å²) < 4.78 is 0. The van der Waals surface area contributed by atoms with Crippen molar-refractivity contribution in [2.75, 3.05) is 19.4 Å². The summed E-state index contributed by atoms with van der Waals surface area (Å²) in [4.78, 5) is 13.2. The van der Waals surface area contributed by atoms with E-state index in [2.05, 4.69) is 34.6 Å². The Hall–Kier alpha value is -2.43. The number of hydrogen-bond acceptors (Lipinski definition) is 4. The van der Waals surface area contributed by atoms with Crippen LogP contribution in [0.1, 0.15) is 28.5 Å². The van der Waals surface area contributed by atoms with E-state index in [0.29, 0.717) is 18.1 Å². The second kappa shape index (κ2) is 6.83. The third kappa shape index (κ3) is 3.78. The maximum atomic E-state index is 11.7. The van der Waals surface area contributed by atoms with Crippen molar-refractivity contribution in [1.29, 1.82) is 0 Å². The lowest BCUT2D eigenvalue weighted by Crippen LogP contribution is -2.23. The van der Waals surface area contributed by atoms with E-state index in [0.717, 1.165) is 6.42 Å². The Bertz CT molecular complexity index is 608. The molecule has 1 amide bonds. The van der Waals surface area contributed by atoms with E-state index in [9.17, 15) is 4.79 Å². The Morgan fingerprint density at radius 3 is 2.38 bits per heavy atom. The number of carbonyl (C=O) groups is 1. The van der Waals surface area contributed by atoms with Gasteiger partial charge in [-0.3, -0.25) is 4.79 Å². The quantitative estimate of drug-likeness (QED) is 0.915. The Balaban J connectivity index is 2.02. The van der Waals surface area contributed by atoms with Crippen molar-refractivity contribution >= 4 is 11.7 Å². The van der Waals surface area contributed by atoms with Gasteiger partial charge in [0.2, 0.25) is 0 Å². The number of nitrogens with one attached hydrogen (secondary N) is 1. The first-order chi connectivity index (χ1) is 10.1. The number of rotatable bonds is 5. The van der Waals surface area contributed by atoms with Crippen LogP contribution in [0.3, 0.4) is 0 Å². The van der Waals surface area contributed by atoms with Gasteiger partial charge in [0.25, 0.3) is 5.91 Å². The average molecular weight is 284 g/mol. The number of anilines is 1. The second-order valence-electron chi connectivity index (χ2n) is 4.98. The van der Waals surface area contributed by atoms with Crippen LogP contribution in [0.5, 0.6) is 0 Å². The molecule has 1 aromatic carbocycles. The molecule has 0 unspecified atom stereocenters. The highest BCUT2D eigenvalue weighted by molar-refractivity contribution is 5.91. The summed E-state index contributed by atoms with van der Waals surface area (Å²) in [5, 5.41) is 11.2. The lowest BCUT2D eigenvalue weighted by atomic mass is 10.1. The normalized spacial score (nSPS) is 10.2. The van der Waals surface area contributed by atoms with Crippen LogP contribution in [0, 0.1) is 0 Å². The molecule has 2 aromatic rings. The van der Waals surface area contributed by atoms with E-state index in [1.807, 2.05) is 12.1 Å². The summed E-state index contributed by atoms with van der Waals surface area (Å²) in [5.74, 6) is 0.515. The van der Waals surface area contributed by atoms with Crippen molar-refractivity contribution in [1.82, 2.24) is 15.1 Å². The van der Waals surface area contributed by atoms with E-state index in [4.69, 9.17) is 0 Å². The summed E-state index contributed by atoms with van der Waals surface area (Å²) in [6.07, 6.45) is 1.000. The number of amides is 1. The zero-order valence-corrected chi connectivity index (χ0v) is 12.6. The van der Waals surface area contributed by atoms with E-state index in [-0.39, 0.29) is 5.91 Å². The molecule has 21 heavy (non-hydrogen) atoms. The van der Waals surface area contributed by atoms with Crippen LogP contribution in [0.2, 0.25) is 0 Å². The van der Waals surface area contributed by atoms with Crippen molar-refractivity contribution in [2.45, 2.75) is 19.9 Å². The predicted octanol–water partition coefficient (Wildman–Crippen LogP) is 2.35. The van der Waals surface area contributed by atoms with Crippen LogP contribution >= 0.6 is 0 Å². The Morgan fingerprint density at radius 1 is 1.10 bits per heavy atom. The van der Waals surface area contributed by atoms with Gasteiger partial charge in [-0.2, -0.15) is 0 Å². The third-order valence-electron chi connectivity index (χ3n) is 3.25. The van der Waals surface area contributed by atoms with Crippen molar-refractivity contribution in [3.63, 3.8) is 0 Å². The van der Waals surface area contributed by atoms with Crippen LogP contribution in [0.25, 0.3) is 0 Å². The van der Waals surface area contributed by atoms with E-state index in [1.54, 1.807) is 26.2 Å². The molecule has 0 radical (unpaired) electrons. The first-order valence-electron chi connectivity index (χ1n) is 6.98. The van der Waals surface area contributed by atoms with E-state index < -0.39 is 0 Å². The highest BCUT2D eigenvalue weighted by Gasteiger charge is 2.10. The van der Waals surface area contributed by atoms with Crippen molar-refractivity contribution in [3.05, 3.63) is 53.2 Å². The molecular formula is C16H20N4O.